The van der Waals surface area contributed by atoms with E-state index in [-0.39, 0.29) is 5.69 Å². The van der Waals surface area contributed by atoms with Crippen molar-refractivity contribution in [1.82, 2.24) is 25.1 Å². The Kier molecular flexibility index (Phi) is 3.76. The Hall–Kier alpha value is -1.69. The van der Waals surface area contributed by atoms with E-state index < -0.39 is 0 Å². The van der Waals surface area contributed by atoms with Gasteiger partial charge < -0.3 is 5.32 Å². The van der Waals surface area contributed by atoms with Crippen LogP contribution in [0.5, 0.6) is 0 Å². The average molecular weight is 249 g/mol. The van der Waals surface area contributed by atoms with Crippen LogP contribution < -0.4 is 11.0 Å². The number of aromatic amines is 1. The molecule has 0 fully saturated rings. The molecule has 0 saturated heterocycles. The number of nitrogens with zero attached hydrogens (tertiary/aromatic N) is 3. The van der Waals surface area contributed by atoms with Crippen LogP contribution in [-0.2, 0) is 6.42 Å². The second kappa shape index (κ2) is 5.30. The largest absolute Gasteiger partial charge is 0.364 e. The SMILES string of the molecule is CNC(Cc1ccc2n[nH]c(=O)n2n1)CC(C)C. The summed E-state index contributed by atoms with van der Waals surface area (Å²) in [4.78, 5) is 11.4. The summed E-state index contributed by atoms with van der Waals surface area (Å²) in [5, 5.41) is 13.8. The Morgan fingerprint density at radius 3 is 2.89 bits per heavy atom. The van der Waals surface area contributed by atoms with Crippen LogP contribution in [0.3, 0.4) is 0 Å². The molecule has 2 aromatic heterocycles. The molecule has 0 aromatic carbocycles. The van der Waals surface area contributed by atoms with Crippen LogP contribution in [0.4, 0.5) is 0 Å². The first-order chi connectivity index (χ1) is 8.60. The van der Waals surface area contributed by atoms with Crippen LogP contribution in [0.2, 0.25) is 0 Å². The Bertz CT molecular complexity index is 571. The van der Waals surface area contributed by atoms with Gasteiger partial charge in [0, 0.05) is 12.5 Å². The molecule has 1 unspecified atom stereocenters. The summed E-state index contributed by atoms with van der Waals surface area (Å²) in [5.41, 5.74) is 1.15. The molecule has 0 bridgehead atoms. The third-order valence-corrected chi connectivity index (χ3v) is 2.95. The van der Waals surface area contributed by atoms with Crippen molar-refractivity contribution in [3.63, 3.8) is 0 Å². The van der Waals surface area contributed by atoms with Crippen molar-refractivity contribution >= 4 is 5.65 Å². The van der Waals surface area contributed by atoms with Crippen molar-refractivity contribution in [2.45, 2.75) is 32.7 Å². The van der Waals surface area contributed by atoms with Crippen molar-refractivity contribution in [2.75, 3.05) is 7.05 Å². The molecular formula is C12H19N5O. The first-order valence-corrected chi connectivity index (χ1v) is 6.20. The molecule has 2 N–H and O–H groups in total. The van der Waals surface area contributed by atoms with Crippen LogP contribution >= 0.6 is 0 Å². The summed E-state index contributed by atoms with van der Waals surface area (Å²) in [6.07, 6.45) is 1.89. The molecule has 0 aliphatic rings. The lowest BCUT2D eigenvalue weighted by molar-refractivity contribution is 0.436. The lowest BCUT2D eigenvalue weighted by atomic mass is 10.00. The molecule has 2 aromatic rings. The van der Waals surface area contributed by atoms with E-state index in [4.69, 9.17) is 0 Å². The van der Waals surface area contributed by atoms with Gasteiger partial charge in [0.1, 0.15) is 0 Å². The van der Waals surface area contributed by atoms with E-state index in [1.54, 1.807) is 0 Å². The van der Waals surface area contributed by atoms with E-state index in [2.05, 4.69) is 34.5 Å². The van der Waals surface area contributed by atoms with Crippen molar-refractivity contribution in [2.24, 2.45) is 5.92 Å². The van der Waals surface area contributed by atoms with Gasteiger partial charge in [-0.15, -0.1) is 0 Å². The smallest absolute Gasteiger partial charge is 0.317 e. The van der Waals surface area contributed by atoms with Crippen LogP contribution in [0.1, 0.15) is 26.0 Å². The highest BCUT2D eigenvalue weighted by molar-refractivity contribution is 5.34. The second-order valence-corrected chi connectivity index (χ2v) is 4.94. The maximum absolute atomic E-state index is 11.4. The quantitative estimate of drug-likeness (QED) is 0.813. The fourth-order valence-corrected chi connectivity index (χ4v) is 2.07. The molecule has 98 valence electrons. The molecule has 0 amide bonds. The average Bonchev–Trinajstić information content (AvgIpc) is 2.70. The van der Waals surface area contributed by atoms with Crippen molar-refractivity contribution in [3.8, 4) is 0 Å². The number of H-pyrrole nitrogens is 1. The minimum Gasteiger partial charge on any atom is -0.317 e. The molecule has 6 nitrogen and oxygen atoms in total. The summed E-state index contributed by atoms with van der Waals surface area (Å²) in [7, 11) is 1.95. The van der Waals surface area contributed by atoms with Gasteiger partial charge in [-0.2, -0.15) is 14.7 Å². The van der Waals surface area contributed by atoms with Crippen molar-refractivity contribution in [1.29, 1.82) is 0 Å². The van der Waals surface area contributed by atoms with E-state index in [9.17, 15) is 4.79 Å². The highest BCUT2D eigenvalue weighted by Gasteiger charge is 2.11. The number of rotatable bonds is 5. The fourth-order valence-electron chi connectivity index (χ4n) is 2.07. The topological polar surface area (TPSA) is 75.1 Å². The van der Waals surface area contributed by atoms with Crippen LogP contribution in [0, 0.1) is 5.92 Å². The minimum atomic E-state index is -0.295. The summed E-state index contributed by atoms with van der Waals surface area (Å²) < 4.78 is 1.30. The number of aromatic nitrogens is 4. The lowest BCUT2D eigenvalue weighted by Crippen LogP contribution is -2.30. The van der Waals surface area contributed by atoms with E-state index >= 15 is 0 Å². The van der Waals surface area contributed by atoms with Crippen LogP contribution in [-0.4, -0.2) is 32.9 Å². The van der Waals surface area contributed by atoms with E-state index in [1.165, 1.54) is 4.52 Å². The molecule has 0 saturated carbocycles. The summed E-state index contributed by atoms with van der Waals surface area (Å²) in [6, 6.07) is 4.10. The lowest BCUT2D eigenvalue weighted by Gasteiger charge is -2.17. The maximum atomic E-state index is 11.4. The third kappa shape index (κ3) is 2.76. The van der Waals surface area contributed by atoms with Gasteiger partial charge in [-0.25, -0.2) is 9.89 Å². The monoisotopic (exact) mass is 249 g/mol. The van der Waals surface area contributed by atoms with Gasteiger partial charge in [-0.3, -0.25) is 0 Å². The van der Waals surface area contributed by atoms with Gasteiger partial charge in [-0.1, -0.05) is 13.8 Å². The minimum absolute atomic E-state index is 0.295. The number of hydrogen-bond donors (Lipinski definition) is 2. The van der Waals surface area contributed by atoms with Crippen LogP contribution in [0.25, 0.3) is 5.65 Å². The zero-order valence-corrected chi connectivity index (χ0v) is 11.0. The molecule has 0 radical (unpaired) electrons. The maximum Gasteiger partial charge on any atom is 0.364 e. The van der Waals surface area contributed by atoms with Gasteiger partial charge in [0.15, 0.2) is 5.65 Å². The molecule has 6 heteroatoms. The predicted octanol–water partition coefficient (Wildman–Crippen LogP) is 0.594. The molecule has 1 atom stereocenters. The van der Waals surface area contributed by atoms with E-state index in [0.29, 0.717) is 17.6 Å². The van der Waals surface area contributed by atoms with Gasteiger partial charge in [-0.05, 0) is 31.5 Å². The van der Waals surface area contributed by atoms with Gasteiger partial charge >= 0.3 is 5.69 Å². The Balaban J connectivity index is 2.20. The zero-order valence-electron chi connectivity index (χ0n) is 11.0. The summed E-state index contributed by atoms with van der Waals surface area (Å²) in [5.74, 6) is 0.628. The molecule has 2 rings (SSSR count). The van der Waals surface area contributed by atoms with Gasteiger partial charge in [0.05, 0.1) is 5.69 Å². The first-order valence-electron chi connectivity index (χ1n) is 6.20. The third-order valence-electron chi connectivity index (χ3n) is 2.95. The number of nitrogens with one attached hydrogen (secondary N) is 2. The van der Waals surface area contributed by atoms with Gasteiger partial charge in [0.2, 0.25) is 0 Å². The summed E-state index contributed by atoms with van der Waals surface area (Å²) in [6.45, 7) is 4.39. The number of hydrogen-bond acceptors (Lipinski definition) is 4. The molecule has 0 spiro atoms. The molecule has 2 heterocycles. The molecule has 0 aliphatic carbocycles. The fraction of sp³-hybridized carbons (Fsp3) is 0.583. The first kappa shape index (κ1) is 12.8. The highest BCUT2D eigenvalue weighted by Crippen LogP contribution is 2.09. The normalized spacial score (nSPS) is 13.3. The van der Waals surface area contributed by atoms with Crippen molar-refractivity contribution < 1.29 is 0 Å². The standard InChI is InChI=1S/C12H19N5O/c1-8(2)6-10(13-3)7-9-4-5-11-14-15-12(18)17(11)16-9/h4-5,8,10,13H,6-7H2,1-3H3,(H,15,18). The Morgan fingerprint density at radius 2 is 2.22 bits per heavy atom. The summed E-state index contributed by atoms with van der Waals surface area (Å²) >= 11 is 0. The Morgan fingerprint density at radius 1 is 1.44 bits per heavy atom. The van der Waals surface area contributed by atoms with Crippen molar-refractivity contribution in [3.05, 3.63) is 28.3 Å². The van der Waals surface area contributed by atoms with Gasteiger partial charge in [0.25, 0.3) is 0 Å². The molecular weight excluding hydrogens is 230 g/mol. The Labute approximate surface area is 105 Å². The number of fused-ring (bicyclic) bond motifs is 1. The zero-order chi connectivity index (χ0) is 13.1. The molecule has 18 heavy (non-hydrogen) atoms. The van der Waals surface area contributed by atoms with Crippen LogP contribution in [0.15, 0.2) is 16.9 Å². The number of likely N-dealkylation sites (N-methyl/N-ethyl adjacent to an activating group) is 1. The predicted molar refractivity (Wildman–Crippen MR) is 69.6 cm³/mol. The highest BCUT2D eigenvalue weighted by atomic mass is 16.2. The molecule has 0 aliphatic heterocycles. The second-order valence-electron chi connectivity index (χ2n) is 4.94. The van der Waals surface area contributed by atoms with E-state index in [0.717, 1.165) is 18.5 Å². The van der Waals surface area contributed by atoms with E-state index in [1.807, 2.05) is 19.2 Å².